The van der Waals surface area contributed by atoms with Crippen molar-refractivity contribution < 1.29 is 24.5 Å². The highest BCUT2D eigenvalue weighted by Gasteiger charge is 2.36. The van der Waals surface area contributed by atoms with E-state index in [4.69, 9.17) is 9.84 Å². The largest absolute Gasteiger partial charge is 0.478 e. The molecule has 0 aliphatic heterocycles. The molecule has 1 fully saturated rings. The molecule has 1 aliphatic carbocycles. The molecule has 3 unspecified atom stereocenters. The number of Topliss-reactive ketones (excluding diaryl/α,β-unsaturated/α-hetero) is 1. The number of carbonyl (C=O) groups excluding carboxylic acids is 1. The molecule has 3 rings (SSSR count). The minimum atomic E-state index is -0.965. The summed E-state index contributed by atoms with van der Waals surface area (Å²) >= 11 is 0. The van der Waals surface area contributed by atoms with Crippen LogP contribution in [0.1, 0.15) is 85.8 Å². The molecule has 0 heterocycles. The van der Waals surface area contributed by atoms with Gasteiger partial charge in [0.05, 0.1) is 24.9 Å². The smallest absolute Gasteiger partial charge is 0.335 e. The molecule has 2 aromatic rings. The Morgan fingerprint density at radius 3 is 2.58 bits per heavy atom. The Kier molecular flexibility index (Phi) is 8.44. The van der Waals surface area contributed by atoms with Crippen molar-refractivity contribution in [2.45, 2.75) is 76.9 Å². The van der Waals surface area contributed by atoms with E-state index in [1.165, 1.54) is 0 Å². The quantitative estimate of drug-likeness (QED) is 0.471. The Morgan fingerprint density at radius 2 is 1.91 bits per heavy atom. The van der Waals surface area contributed by atoms with Crippen molar-refractivity contribution in [3.05, 3.63) is 70.8 Å². The second kappa shape index (κ2) is 11.1. The van der Waals surface area contributed by atoms with Crippen molar-refractivity contribution in [2.24, 2.45) is 5.92 Å². The summed E-state index contributed by atoms with van der Waals surface area (Å²) in [4.78, 5) is 23.7. The molecule has 3 atom stereocenters. The zero-order valence-electron chi connectivity index (χ0n) is 19.9. The van der Waals surface area contributed by atoms with Gasteiger partial charge in [0.2, 0.25) is 0 Å². The van der Waals surface area contributed by atoms with Crippen molar-refractivity contribution in [3.63, 3.8) is 0 Å². The molecule has 5 nitrogen and oxygen atoms in total. The number of rotatable bonds is 11. The number of unbranched alkanes of at least 4 members (excludes halogenated alkanes) is 1. The van der Waals surface area contributed by atoms with Crippen molar-refractivity contribution >= 4 is 11.8 Å². The molecule has 5 heteroatoms. The number of aliphatic hydroxyl groups is 1. The number of aliphatic hydroxyl groups excluding tert-OH is 1. The molecule has 0 amide bonds. The first-order chi connectivity index (χ1) is 15.7. The molecule has 0 spiro atoms. The van der Waals surface area contributed by atoms with Gasteiger partial charge in [0, 0.05) is 17.8 Å². The molecule has 2 aromatic carbocycles. The molecular weight excluding hydrogens is 416 g/mol. The Balaban J connectivity index is 1.64. The van der Waals surface area contributed by atoms with Gasteiger partial charge in [-0.05, 0) is 47.6 Å². The van der Waals surface area contributed by atoms with E-state index in [-0.39, 0.29) is 35.2 Å². The Morgan fingerprint density at radius 1 is 1.18 bits per heavy atom. The van der Waals surface area contributed by atoms with Gasteiger partial charge in [0.1, 0.15) is 5.78 Å². The minimum absolute atomic E-state index is 0.116. The monoisotopic (exact) mass is 452 g/mol. The van der Waals surface area contributed by atoms with E-state index in [1.54, 1.807) is 18.2 Å². The second-order valence-corrected chi connectivity index (χ2v) is 9.74. The third-order valence-electron chi connectivity index (χ3n) is 7.09. The zero-order valence-corrected chi connectivity index (χ0v) is 19.9. The molecule has 1 aliphatic rings. The second-order valence-electron chi connectivity index (χ2n) is 9.74. The van der Waals surface area contributed by atoms with Crippen LogP contribution >= 0.6 is 0 Å². The van der Waals surface area contributed by atoms with Crippen molar-refractivity contribution in [1.82, 2.24) is 0 Å². The van der Waals surface area contributed by atoms with Crippen molar-refractivity contribution in [3.8, 4) is 0 Å². The van der Waals surface area contributed by atoms with Gasteiger partial charge < -0.3 is 14.9 Å². The van der Waals surface area contributed by atoms with Gasteiger partial charge in [-0.15, -0.1) is 0 Å². The number of benzene rings is 2. The summed E-state index contributed by atoms with van der Waals surface area (Å²) in [6.45, 7) is 6.89. The average molecular weight is 453 g/mol. The lowest BCUT2D eigenvalue weighted by atomic mass is 9.76. The topological polar surface area (TPSA) is 83.8 Å². The van der Waals surface area contributed by atoms with E-state index >= 15 is 0 Å². The van der Waals surface area contributed by atoms with E-state index in [2.05, 4.69) is 45.0 Å². The number of ketones is 1. The first-order valence-electron chi connectivity index (χ1n) is 11.9. The lowest BCUT2D eigenvalue weighted by Gasteiger charge is -2.31. The standard InChI is InChI=1S/C28H36O5/c1-4-5-9-26(30)28(2,3)22-12-10-20(11-13-22)23-14-15-25(29)24(23)18-33-17-19-7-6-8-21(16-19)27(31)32/h6-8,10-13,16,23-24,26,30H,4-5,9,14-15,17-18H2,1-3H3,(H,31,32). The minimum Gasteiger partial charge on any atom is -0.478 e. The van der Waals surface area contributed by atoms with Gasteiger partial charge in [-0.3, -0.25) is 4.79 Å². The highest BCUT2D eigenvalue weighted by atomic mass is 16.5. The van der Waals surface area contributed by atoms with Crippen LogP contribution in [0.5, 0.6) is 0 Å². The normalized spacial score (nSPS) is 19.6. The summed E-state index contributed by atoms with van der Waals surface area (Å²) in [7, 11) is 0. The zero-order chi connectivity index (χ0) is 24.0. The molecule has 2 N–H and O–H groups in total. The fourth-order valence-corrected chi connectivity index (χ4v) is 4.73. The van der Waals surface area contributed by atoms with Crippen LogP contribution in [0.4, 0.5) is 0 Å². The third kappa shape index (κ3) is 6.10. The number of carbonyl (C=O) groups is 2. The van der Waals surface area contributed by atoms with Crippen LogP contribution in [0, 0.1) is 5.92 Å². The van der Waals surface area contributed by atoms with Crippen LogP contribution in [-0.4, -0.2) is 34.7 Å². The summed E-state index contributed by atoms with van der Waals surface area (Å²) in [5, 5.41) is 19.8. The predicted molar refractivity (Wildman–Crippen MR) is 129 cm³/mol. The molecule has 33 heavy (non-hydrogen) atoms. The fourth-order valence-electron chi connectivity index (χ4n) is 4.73. The molecular formula is C28H36O5. The Labute approximate surface area is 196 Å². The molecule has 178 valence electrons. The maximum Gasteiger partial charge on any atom is 0.335 e. The van der Waals surface area contributed by atoms with Crippen molar-refractivity contribution in [2.75, 3.05) is 6.61 Å². The first kappa shape index (κ1) is 25.1. The third-order valence-corrected chi connectivity index (χ3v) is 7.09. The van der Waals surface area contributed by atoms with Gasteiger partial charge in [0.15, 0.2) is 0 Å². The number of hydrogen-bond acceptors (Lipinski definition) is 4. The SMILES string of the molecule is CCCCC(O)C(C)(C)c1ccc(C2CCC(=O)C2COCc2cccc(C(=O)O)c2)cc1. The van der Waals surface area contributed by atoms with Gasteiger partial charge in [-0.1, -0.05) is 70.0 Å². The Bertz CT molecular complexity index is 947. The van der Waals surface area contributed by atoms with E-state index < -0.39 is 12.1 Å². The number of carboxylic acids is 1. The van der Waals surface area contributed by atoms with Crippen LogP contribution in [0.15, 0.2) is 48.5 Å². The summed E-state index contributed by atoms with van der Waals surface area (Å²) in [6, 6.07) is 15.0. The van der Waals surface area contributed by atoms with E-state index in [1.807, 2.05) is 6.07 Å². The molecule has 1 saturated carbocycles. The lowest BCUT2D eigenvalue weighted by Crippen LogP contribution is -2.33. The van der Waals surface area contributed by atoms with E-state index in [0.717, 1.165) is 42.4 Å². The van der Waals surface area contributed by atoms with E-state index in [9.17, 15) is 14.7 Å². The Hall–Kier alpha value is -2.50. The van der Waals surface area contributed by atoms with Crippen molar-refractivity contribution in [1.29, 1.82) is 0 Å². The van der Waals surface area contributed by atoms with Crippen LogP contribution < -0.4 is 0 Å². The highest BCUT2D eigenvalue weighted by Crippen LogP contribution is 2.39. The van der Waals surface area contributed by atoms with Gasteiger partial charge in [-0.2, -0.15) is 0 Å². The van der Waals surface area contributed by atoms with Crippen LogP contribution in [-0.2, 0) is 21.6 Å². The van der Waals surface area contributed by atoms with Gasteiger partial charge >= 0.3 is 5.97 Å². The number of aromatic carboxylic acids is 1. The average Bonchev–Trinajstić information content (AvgIpc) is 3.18. The molecule has 0 bridgehead atoms. The van der Waals surface area contributed by atoms with Gasteiger partial charge in [0.25, 0.3) is 0 Å². The molecule has 0 radical (unpaired) electrons. The van der Waals surface area contributed by atoms with Crippen LogP contribution in [0.3, 0.4) is 0 Å². The summed E-state index contributed by atoms with van der Waals surface area (Å²) < 4.78 is 5.86. The van der Waals surface area contributed by atoms with Gasteiger partial charge in [-0.25, -0.2) is 4.79 Å². The number of hydrogen-bond donors (Lipinski definition) is 2. The van der Waals surface area contributed by atoms with Crippen LogP contribution in [0.2, 0.25) is 0 Å². The maximum atomic E-state index is 12.6. The number of ether oxygens (including phenoxy) is 1. The summed E-state index contributed by atoms with van der Waals surface area (Å²) in [5.41, 5.74) is 2.92. The lowest BCUT2D eigenvalue weighted by molar-refractivity contribution is -0.122. The first-order valence-corrected chi connectivity index (χ1v) is 11.9. The molecule has 0 aromatic heterocycles. The highest BCUT2D eigenvalue weighted by molar-refractivity contribution is 5.87. The fraction of sp³-hybridized carbons (Fsp3) is 0.500. The van der Waals surface area contributed by atoms with E-state index in [0.29, 0.717) is 13.0 Å². The molecule has 0 saturated heterocycles. The summed E-state index contributed by atoms with van der Waals surface area (Å²) in [6.07, 6.45) is 3.83. The number of carboxylic acid groups (broad SMARTS) is 1. The summed E-state index contributed by atoms with van der Waals surface area (Å²) in [5.74, 6) is -0.822. The van der Waals surface area contributed by atoms with Crippen LogP contribution in [0.25, 0.3) is 0 Å². The predicted octanol–water partition coefficient (Wildman–Crippen LogP) is 5.49. The maximum absolute atomic E-state index is 12.6.